The van der Waals surface area contributed by atoms with Gasteiger partial charge in [-0.25, -0.2) is 28.6 Å². The van der Waals surface area contributed by atoms with Gasteiger partial charge in [-0.15, -0.1) is 0 Å². The first kappa shape index (κ1) is 67.4. The minimum Gasteiger partial charge on any atom is -0.386 e. The van der Waals surface area contributed by atoms with Gasteiger partial charge < -0.3 is 69.3 Å². The maximum Gasteiger partial charge on any atom is 0.481 e. The molecule has 1 aliphatic rings. The fraction of sp³-hybridized carbons (Fsp3) is 0.795. The predicted molar refractivity (Wildman–Crippen MR) is 262 cm³/mol. The number of carbonyl (C=O) groups is 3. The Kier molecular flexibility index (Phi) is 32.1. The number of anilines is 1. The van der Waals surface area contributed by atoms with E-state index in [0.29, 0.717) is 12.2 Å². The molecule has 2 aromatic heterocycles. The number of unbranched alkanes of at least 4 members (excludes halogenated alkanes) is 14. The number of phosphoric ester groups is 3. The van der Waals surface area contributed by atoms with E-state index in [4.69, 9.17) is 19.5 Å². The number of hydrogen-bond acceptors (Lipinski definition) is 21. The van der Waals surface area contributed by atoms with E-state index in [1.54, 1.807) is 0 Å². The molecule has 1 saturated heterocycles. The summed E-state index contributed by atoms with van der Waals surface area (Å²) < 4.78 is 62.4. The molecule has 31 heteroatoms. The summed E-state index contributed by atoms with van der Waals surface area (Å²) in [4.78, 5) is 88.4. The number of carbonyl (C=O) groups excluding carboxylic acids is 3. The SMILES string of the molecule is CCCCCCCCCCCCCCCCCC(=O)SCCNC(=O)CCNC(=O)[C@H](O)C(C)(C)COP(=O)(O)OP(=O)(O)OC[C@H]1O[C@@H](n2cnc3c(N)ncnc32)C(O)[C@H]1OP(=O)(O)O.N.N.N. The lowest BCUT2D eigenvalue weighted by Crippen LogP contribution is -2.46. The van der Waals surface area contributed by atoms with Gasteiger partial charge in [0.2, 0.25) is 11.8 Å². The van der Waals surface area contributed by atoms with Gasteiger partial charge in [0.05, 0.1) is 19.5 Å². The van der Waals surface area contributed by atoms with Crippen molar-refractivity contribution in [2.75, 3.05) is 37.8 Å². The monoisotopic (exact) mass is 1080 g/mol. The van der Waals surface area contributed by atoms with Crippen LogP contribution < -0.4 is 34.8 Å². The third-order valence-electron chi connectivity index (χ3n) is 10.7. The molecule has 70 heavy (non-hydrogen) atoms. The van der Waals surface area contributed by atoms with E-state index in [-0.39, 0.29) is 60.1 Å². The van der Waals surface area contributed by atoms with E-state index in [0.717, 1.165) is 48.2 Å². The zero-order valence-corrected chi connectivity index (χ0v) is 44.0. The number of nitrogen functional groups attached to an aromatic ring is 1. The first-order chi connectivity index (χ1) is 31.6. The summed E-state index contributed by atoms with van der Waals surface area (Å²) in [6.45, 7) is 2.82. The van der Waals surface area contributed by atoms with Crippen molar-refractivity contribution in [3.8, 4) is 0 Å². The predicted octanol–water partition coefficient (Wildman–Crippen LogP) is 5.41. The summed E-state index contributed by atoms with van der Waals surface area (Å²) >= 11 is 1.16. The fourth-order valence-electron chi connectivity index (χ4n) is 7.01. The number of ether oxygens (including phenoxy) is 1. The molecule has 3 unspecified atom stereocenters. The molecular weight excluding hydrogens is 1010 g/mol. The molecular formula is C39H79N10O17P3S. The highest BCUT2D eigenvalue weighted by atomic mass is 32.2. The number of nitrogens with one attached hydrogen (secondary N) is 2. The van der Waals surface area contributed by atoms with Crippen LogP contribution in [0.25, 0.3) is 11.2 Å². The minimum absolute atomic E-state index is 0. The Labute approximate surface area is 413 Å². The van der Waals surface area contributed by atoms with Crippen molar-refractivity contribution in [3.05, 3.63) is 12.7 Å². The third-order valence-corrected chi connectivity index (χ3v) is 14.8. The van der Waals surface area contributed by atoms with Gasteiger partial charge in [0.25, 0.3) is 0 Å². The van der Waals surface area contributed by atoms with Gasteiger partial charge in [0, 0.05) is 37.1 Å². The van der Waals surface area contributed by atoms with Crippen LogP contribution in [0.1, 0.15) is 136 Å². The molecule has 2 aromatic rings. The molecule has 408 valence electrons. The van der Waals surface area contributed by atoms with E-state index in [9.17, 15) is 57.9 Å². The molecule has 2 amide bonds. The van der Waals surface area contributed by atoms with Crippen LogP contribution in [0.5, 0.6) is 0 Å². The maximum atomic E-state index is 12.7. The summed E-state index contributed by atoms with van der Waals surface area (Å²) in [5, 5.41) is 26.7. The number of fused-ring (bicyclic) bond motifs is 1. The third kappa shape index (κ3) is 24.9. The number of nitrogens with two attached hydrogens (primary N) is 1. The van der Waals surface area contributed by atoms with Gasteiger partial charge in [-0.1, -0.05) is 122 Å². The first-order valence-electron chi connectivity index (χ1n) is 22.6. The van der Waals surface area contributed by atoms with Gasteiger partial charge in [-0.2, -0.15) is 4.31 Å². The van der Waals surface area contributed by atoms with Gasteiger partial charge in [0.15, 0.2) is 22.8 Å². The largest absolute Gasteiger partial charge is 0.481 e. The van der Waals surface area contributed by atoms with Gasteiger partial charge in [-0.3, -0.25) is 32.5 Å². The number of nitrogens with zero attached hydrogens (tertiary/aromatic N) is 4. The number of thioether (sulfide) groups is 1. The Bertz CT molecular complexity index is 2000. The Morgan fingerprint density at radius 2 is 1.39 bits per heavy atom. The van der Waals surface area contributed by atoms with Crippen LogP contribution >= 0.6 is 35.2 Å². The summed E-state index contributed by atoms with van der Waals surface area (Å²) in [6, 6.07) is 0. The van der Waals surface area contributed by atoms with Crippen LogP contribution in [0.4, 0.5) is 5.82 Å². The second-order valence-electron chi connectivity index (χ2n) is 17.0. The summed E-state index contributed by atoms with van der Waals surface area (Å²) in [5.41, 5.74) is 4.29. The van der Waals surface area contributed by atoms with Crippen LogP contribution in [-0.4, -0.2) is 123 Å². The standard InChI is InChI=1S/C39H70N7O17P3S.3H3N/c1-4-5-6-7-8-9-10-11-12-13-14-15-16-17-18-19-30(48)67-23-22-41-29(47)20-21-42-37(51)34(50)39(2,3)25-60-66(57,58)63-65(55,56)59-24-28-33(62-64(52,53)54)32(49)38(61-28)46-27-45-31-35(40)43-26-44-36(31)46;;;/h26-28,32-34,38,49-50H,4-25H2,1-3H3,(H,41,47)(H,42,51)(H,55,56)(H,57,58)(H2,40,43,44)(H2,52,53,54);3*1H3/t28-,32?,33+,34+,38-;;;/m1.../s1. The number of hydrogen-bond donors (Lipinski definition) is 12. The molecule has 0 saturated carbocycles. The first-order valence-corrected chi connectivity index (χ1v) is 28.1. The molecule has 0 spiro atoms. The number of rotatable bonds is 35. The second kappa shape index (κ2) is 33.3. The lowest BCUT2D eigenvalue weighted by molar-refractivity contribution is -0.137. The van der Waals surface area contributed by atoms with E-state index in [1.807, 2.05) is 0 Å². The average Bonchev–Trinajstić information content (AvgIpc) is 3.81. The van der Waals surface area contributed by atoms with Crippen molar-refractivity contribution in [3.63, 3.8) is 0 Å². The molecule has 0 radical (unpaired) electrons. The van der Waals surface area contributed by atoms with E-state index >= 15 is 0 Å². The van der Waals surface area contributed by atoms with Crippen molar-refractivity contribution in [2.45, 2.75) is 161 Å². The van der Waals surface area contributed by atoms with Crippen LogP contribution in [0, 0.1) is 5.41 Å². The molecule has 0 bridgehead atoms. The average molecular weight is 1090 g/mol. The number of amides is 2. The molecule has 0 aliphatic carbocycles. The molecule has 7 atom stereocenters. The van der Waals surface area contributed by atoms with Gasteiger partial charge in [-0.05, 0) is 6.42 Å². The highest BCUT2D eigenvalue weighted by molar-refractivity contribution is 8.13. The number of imidazole rings is 1. The van der Waals surface area contributed by atoms with Crippen LogP contribution in [-0.2, 0) is 50.7 Å². The summed E-state index contributed by atoms with van der Waals surface area (Å²) in [7, 11) is -16.4. The maximum absolute atomic E-state index is 12.7. The fourth-order valence-corrected chi connectivity index (χ4v) is 10.6. The topological polar surface area (TPSA) is 469 Å². The summed E-state index contributed by atoms with van der Waals surface area (Å²) in [6.07, 6.45) is 12.3. The van der Waals surface area contributed by atoms with Crippen LogP contribution in [0.15, 0.2) is 12.7 Å². The number of phosphoric acid groups is 3. The van der Waals surface area contributed by atoms with Crippen LogP contribution in [0.3, 0.4) is 0 Å². The minimum atomic E-state index is -5.57. The molecule has 0 aromatic carbocycles. The summed E-state index contributed by atoms with van der Waals surface area (Å²) in [5.74, 6) is -1.02. The second-order valence-corrected chi connectivity index (χ2v) is 22.4. The van der Waals surface area contributed by atoms with Crippen molar-refractivity contribution < 1.29 is 80.5 Å². The molecule has 27 nitrogen and oxygen atoms in total. The highest BCUT2D eigenvalue weighted by Crippen LogP contribution is 2.61. The molecule has 3 heterocycles. The van der Waals surface area contributed by atoms with Crippen molar-refractivity contribution in [2.24, 2.45) is 5.41 Å². The smallest absolute Gasteiger partial charge is 0.386 e. The van der Waals surface area contributed by atoms with Crippen molar-refractivity contribution in [1.82, 2.24) is 48.6 Å². The highest BCUT2D eigenvalue weighted by Gasteiger charge is 2.50. The van der Waals surface area contributed by atoms with E-state index in [1.165, 1.54) is 90.9 Å². The van der Waals surface area contributed by atoms with Crippen molar-refractivity contribution >= 4 is 69.1 Å². The molecule has 1 aliphatic heterocycles. The molecule has 19 N–H and O–H groups in total. The lowest BCUT2D eigenvalue weighted by Gasteiger charge is -2.30. The quantitative estimate of drug-likeness (QED) is 0.0303. The zero-order valence-electron chi connectivity index (χ0n) is 40.5. The Balaban J connectivity index is 0.0000159. The normalized spacial score (nSPS) is 19.2. The molecule has 3 rings (SSSR count). The van der Waals surface area contributed by atoms with Crippen molar-refractivity contribution in [1.29, 1.82) is 0 Å². The molecule has 1 fully saturated rings. The van der Waals surface area contributed by atoms with Gasteiger partial charge in [0.1, 0.15) is 36.3 Å². The number of aliphatic hydroxyl groups is 2. The van der Waals surface area contributed by atoms with E-state index < -0.39 is 84.6 Å². The van der Waals surface area contributed by atoms with Crippen LogP contribution in [0.2, 0.25) is 0 Å². The Hall–Kier alpha value is -2.56. The van der Waals surface area contributed by atoms with Gasteiger partial charge >= 0.3 is 23.5 Å². The lowest BCUT2D eigenvalue weighted by atomic mass is 9.87. The Morgan fingerprint density at radius 1 is 0.829 bits per heavy atom. The Morgan fingerprint density at radius 3 is 1.96 bits per heavy atom. The number of aromatic nitrogens is 4. The number of aliphatic hydroxyl groups excluding tert-OH is 2. The van der Waals surface area contributed by atoms with E-state index in [2.05, 4.69) is 41.3 Å². The zero-order chi connectivity index (χ0) is 49.7.